The van der Waals surface area contributed by atoms with Crippen LogP contribution in [0.4, 0.5) is 0 Å². The van der Waals surface area contributed by atoms with Gasteiger partial charge in [0, 0.05) is 44.1 Å². The van der Waals surface area contributed by atoms with E-state index in [0.29, 0.717) is 25.0 Å². The molecule has 1 aliphatic heterocycles. The van der Waals surface area contributed by atoms with Gasteiger partial charge in [-0.2, -0.15) is 5.10 Å². The molecule has 7 heteroatoms. The minimum absolute atomic E-state index is 0.102. The van der Waals surface area contributed by atoms with E-state index < -0.39 is 0 Å². The molecule has 1 aliphatic carbocycles. The number of amides is 1. The van der Waals surface area contributed by atoms with Crippen LogP contribution in [0.3, 0.4) is 0 Å². The van der Waals surface area contributed by atoms with Crippen LogP contribution in [0.25, 0.3) is 0 Å². The number of aryl methyl sites for hydroxylation is 1. The largest absolute Gasteiger partial charge is 0.377 e. The average molecular weight is 355 g/mol. The van der Waals surface area contributed by atoms with Gasteiger partial charge in [0.05, 0.1) is 0 Å². The fraction of sp³-hybridized carbons (Fsp3) is 0.579. The van der Waals surface area contributed by atoms with Gasteiger partial charge in [0.25, 0.3) is 5.91 Å². The molecule has 1 saturated carbocycles. The zero-order valence-electron chi connectivity index (χ0n) is 15.3. The smallest absolute Gasteiger partial charge is 0.254 e. The summed E-state index contributed by atoms with van der Waals surface area (Å²) in [5.74, 6) is 2.98. The quantitative estimate of drug-likeness (QED) is 0.858. The van der Waals surface area contributed by atoms with Crippen LogP contribution >= 0.6 is 0 Å². The standard InChI is InChI=1S/C19H25N5O2/c1-3-12-8-20-7-6-14(12)19(25)24-9-15(13-4-5-13)16(10-24)18-21-17(11-26-2)22-23-18/h6-8,13,15-16H,3-5,9-11H2,1-2H3,(H,21,22,23)/t15-,16+/m1/s1. The number of H-pyrrole nitrogens is 1. The van der Waals surface area contributed by atoms with Gasteiger partial charge in [0.1, 0.15) is 6.61 Å². The number of carbonyl (C=O) groups is 1. The number of pyridine rings is 1. The first-order chi connectivity index (χ1) is 12.7. The Kier molecular flexibility index (Phi) is 4.72. The predicted octanol–water partition coefficient (Wildman–Crippen LogP) is 2.17. The summed E-state index contributed by atoms with van der Waals surface area (Å²) in [5, 5.41) is 7.37. The maximum absolute atomic E-state index is 13.1. The Morgan fingerprint density at radius 3 is 2.96 bits per heavy atom. The maximum atomic E-state index is 13.1. The summed E-state index contributed by atoms with van der Waals surface area (Å²) in [6.07, 6.45) is 6.79. The van der Waals surface area contributed by atoms with Crippen molar-refractivity contribution >= 4 is 5.91 Å². The molecule has 26 heavy (non-hydrogen) atoms. The lowest BCUT2D eigenvalue weighted by Gasteiger charge is -2.18. The van der Waals surface area contributed by atoms with Crippen molar-refractivity contribution in [2.75, 3.05) is 20.2 Å². The molecular weight excluding hydrogens is 330 g/mol. The normalized spacial score (nSPS) is 22.8. The van der Waals surface area contributed by atoms with Crippen molar-refractivity contribution < 1.29 is 9.53 Å². The summed E-state index contributed by atoms with van der Waals surface area (Å²) in [7, 11) is 1.64. The van der Waals surface area contributed by atoms with Crippen molar-refractivity contribution in [3.05, 3.63) is 41.2 Å². The van der Waals surface area contributed by atoms with Gasteiger partial charge in [-0.25, -0.2) is 4.98 Å². The monoisotopic (exact) mass is 355 g/mol. The van der Waals surface area contributed by atoms with E-state index in [4.69, 9.17) is 4.74 Å². The van der Waals surface area contributed by atoms with Crippen molar-refractivity contribution in [2.24, 2.45) is 11.8 Å². The van der Waals surface area contributed by atoms with E-state index in [1.807, 2.05) is 11.0 Å². The highest BCUT2D eigenvalue weighted by atomic mass is 16.5. The van der Waals surface area contributed by atoms with E-state index in [1.54, 1.807) is 19.5 Å². The number of aromatic amines is 1. The van der Waals surface area contributed by atoms with Gasteiger partial charge in [-0.05, 0) is 42.7 Å². The molecule has 2 aliphatic rings. The number of likely N-dealkylation sites (tertiary alicyclic amines) is 1. The van der Waals surface area contributed by atoms with Crippen molar-refractivity contribution in [1.29, 1.82) is 0 Å². The topological polar surface area (TPSA) is 84.0 Å². The summed E-state index contributed by atoms with van der Waals surface area (Å²) < 4.78 is 5.13. The van der Waals surface area contributed by atoms with E-state index in [9.17, 15) is 4.79 Å². The Morgan fingerprint density at radius 1 is 1.38 bits per heavy atom. The predicted molar refractivity (Wildman–Crippen MR) is 95.6 cm³/mol. The molecule has 0 spiro atoms. The van der Waals surface area contributed by atoms with Gasteiger partial charge < -0.3 is 9.64 Å². The van der Waals surface area contributed by atoms with Crippen molar-refractivity contribution in [3.8, 4) is 0 Å². The molecule has 3 heterocycles. The first-order valence-electron chi connectivity index (χ1n) is 9.33. The number of aromatic nitrogens is 4. The minimum Gasteiger partial charge on any atom is -0.377 e. The summed E-state index contributed by atoms with van der Waals surface area (Å²) in [6, 6.07) is 1.84. The fourth-order valence-corrected chi connectivity index (χ4v) is 4.04. The molecule has 138 valence electrons. The van der Waals surface area contributed by atoms with E-state index in [-0.39, 0.29) is 11.8 Å². The highest BCUT2D eigenvalue weighted by Gasteiger charge is 2.46. The number of methoxy groups -OCH3 is 1. The van der Waals surface area contributed by atoms with Gasteiger partial charge in [-0.15, -0.1) is 0 Å². The fourth-order valence-electron chi connectivity index (χ4n) is 4.04. The van der Waals surface area contributed by atoms with Crippen LogP contribution in [0.15, 0.2) is 18.5 Å². The number of carbonyl (C=O) groups excluding carboxylic acids is 1. The van der Waals surface area contributed by atoms with Gasteiger partial charge in [0.2, 0.25) is 0 Å². The third-order valence-corrected chi connectivity index (χ3v) is 5.56. The number of rotatable bonds is 6. The van der Waals surface area contributed by atoms with Crippen LogP contribution in [0.2, 0.25) is 0 Å². The summed E-state index contributed by atoms with van der Waals surface area (Å²) in [5.41, 5.74) is 1.77. The number of hydrogen-bond donors (Lipinski definition) is 1. The molecule has 4 rings (SSSR count). The molecule has 2 atom stereocenters. The van der Waals surface area contributed by atoms with Crippen LogP contribution in [-0.4, -0.2) is 51.2 Å². The van der Waals surface area contributed by atoms with Crippen molar-refractivity contribution in [3.63, 3.8) is 0 Å². The molecule has 7 nitrogen and oxygen atoms in total. The Balaban J connectivity index is 1.56. The SMILES string of the molecule is CCc1cnccc1C(=O)N1C[C@H](c2n[nH]c(COC)n2)[C@@H](C2CC2)C1. The average Bonchev–Trinajstić information content (AvgIpc) is 3.24. The van der Waals surface area contributed by atoms with Crippen LogP contribution in [-0.2, 0) is 17.8 Å². The van der Waals surface area contributed by atoms with Crippen LogP contribution in [0.1, 0.15) is 53.3 Å². The molecule has 1 saturated heterocycles. The van der Waals surface area contributed by atoms with Crippen molar-refractivity contribution in [2.45, 2.75) is 38.7 Å². The Labute approximate surface area is 153 Å². The molecule has 2 aromatic rings. The molecule has 2 fully saturated rings. The van der Waals surface area contributed by atoms with E-state index in [0.717, 1.165) is 35.7 Å². The molecule has 0 bridgehead atoms. The third-order valence-electron chi connectivity index (χ3n) is 5.56. The Hall–Kier alpha value is -2.28. The first-order valence-corrected chi connectivity index (χ1v) is 9.33. The molecule has 1 amide bonds. The lowest BCUT2D eigenvalue weighted by atomic mass is 9.91. The molecule has 0 aromatic carbocycles. The van der Waals surface area contributed by atoms with Gasteiger partial charge in [-0.1, -0.05) is 6.92 Å². The van der Waals surface area contributed by atoms with Gasteiger partial charge >= 0.3 is 0 Å². The van der Waals surface area contributed by atoms with E-state index in [1.165, 1.54) is 12.8 Å². The molecule has 2 aromatic heterocycles. The Morgan fingerprint density at radius 2 is 2.23 bits per heavy atom. The van der Waals surface area contributed by atoms with E-state index in [2.05, 4.69) is 27.1 Å². The lowest BCUT2D eigenvalue weighted by Crippen LogP contribution is -2.30. The number of ether oxygens (including phenoxy) is 1. The lowest BCUT2D eigenvalue weighted by molar-refractivity contribution is 0.0783. The highest BCUT2D eigenvalue weighted by molar-refractivity contribution is 5.95. The maximum Gasteiger partial charge on any atom is 0.254 e. The zero-order chi connectivity index (χ0) is 18.1. The summed E-state index contributed by atoms with van der Waals surface area (Å²) in [6.45, 7) is 3.94. The highest BCUT2D eigenvalue weighted by Crippen LogP contribution is 2.47. The summed E-state index contributed by atoms with van der Waals surface area (Å²) in [4.78, 5) is 23.9. The second kappa shape index (κ2) is 7.15. The third kappa shape index (κ3) is 3.23. The van der Waals surface area contributed by atoms with Gasteiger partial charge in [-0.3, -0.25) is 14.9 Å². The molecule has 0 radical (unpaired) electrons. The second-order valence-electron chi connectivity index (χ2n) is 7.28. The Bertz CT molecular complexity index is 786. The van der Waals surface area contributed by atoms with Crippen molar-refractivity contribution in [1.82, 2.24) is 25.1 Å². The number of hydrogen-bond acceptors (Lipinski definition) is 5. The van der Waals surface area contributed by atoms with E-state index >= 15 is 0 Å². The number of nitrogens with one attached hydrogen (secondary N) is 1. The molecular formula is C19H25N5O2. The number of nitrogens with zero attached hydrogens (tertiary/aromatic N) is 4. The molecule has 0 unspecified atom stereocenters. The van der Waals surface area contributed by atoms with Crippen LogP contribution < -0.4 is 0 Å². The van der Waals surface area contributed by atoms with Gasteiger partial charge in [0.15, 0.2) is 11.6 Å². The second-order valence-corrected chi connectivity index (χ2v) is 7.28. The van der Waals surface area contributed by atoms with Crippen LogP contribution in [0.5, 0.6) is 0 Å². The zero-order valence-corrected chi connectivity index (χ0v) is 15.3. The molecule has 1 N–H and O–H groups in total. The minimum atomic E-state index is 0.102. The van der Waals surface area contributed by atoms with Crippen LogP contribution in [0, 0.1) is 11.8 Å². The summed E-state index contributed by atoms with van der Waals surface area (Å²) >= 11 is 0. The first kappa shape index (κ1) is 17.1.